The monoisotopic (exact) mass is 472 g/mol. The summed E-state index contributed by atoms with van der Waals surface area (Å²) in [5, 5.41) is 9.62. The van der Waals surface area contributed by atoms with E-state index in [4.69, 9.17) is 27.9 Å². The van der Waals surface area contributed by atoms with Gasteiger partial charge in [0.15, 0.2) is 5.75 Å². The second-order valence-corrected chi connectivity index (χ2v) is 7.98. The first-order valence-corrected chi connectivity index (χ1v) is 10.4. The van der Waals surface area contributed by atoms with Crippen molar-refractivity contribution >= 4 is 46.6 Å². The molecule has 1 aromatic carbocycles. The number of pyridine rings is 1. The Labute approximate surface area is 193 Å². The van der Waals surface area contributed by atoms with E-state index in [1.807, 2.05) is 6.07 Å². The molecule has 164 valence electrons. The van der Waals surface area contributed by atoms with Gasteiger partial charge in [-0.15, -0.1) is 0 Å². The number of benzene rings is 1. The van der Waals surface area contributed by atoms with Crippen LogP contribution in [0, 0.1) is 0 Å². The molecular formula is C21H18Cl2N6O3. The number of hydrogen-bond acceptors (Lipinski definition) is 7. The number of rotatable bonds is 7. The first-order chi connectivity index (χ1) is 15.4. The van der Waals surface area contributed by atoms with Gasteiger partial charge in [-0.3, -0.25) is 9.78 Å². The van der Waals surface area contributed by atoms with Crippen molar-refractivity contribution in [3.63, 3.8) is 0 Å². The van der Waals surface area contributed by atoms with Crippen molar-refractivity contribution in [3.8, 4) is 5.75 Å². The lowest BCUT2D eigenvalue weighted by atomic mass is 10.2. The van der Waals surface area contributed by atoms with Crippen molar-refractivity contribution in [3.05, 3.63) is 71.0 Å². The molecule has 4 rings (SSSR count). The molecule has 0 aliphatic heterocycles. The van der Waals surface area contributed by atoms with Gasteiger partial charge in [0, 0.05) is 5.02 Å². The number of carbonyl (C=O) groups is 2. The maximum Gasteiger partial charge on any atom is 0.413 e. The molecule has 0 bridgehead atoms. The summed E-state index contributed by atoms with van der Waals surface area (Å²) in [5.41, 5.74) is 1.12. The van der Waals surface area contributed by atoms with Crippen molar-refractivity contribution in [2.24, 2.45) is 0 Å². The zero-order valence-electron chi connectivity index (χ0n) is 16.6. The molecule has 0 spiro atoms. The largest absolute Gasteiger partial charge is 0.413 e. The van der Waals surface area contributed by atoms with Gasteiger partial charge in [0.1, 0.15) is 11.9 Å². The average Bonchev–Trinajstić information content (AvgIpc) is 3.56. The molecule has 2 aromatic heterocycles. The van der Waals surface area contributed by atoms with E-state index in [0.29, 0.717) is 34.3 Å². The number of nitrogens with zero attached hydrogens (tertiary/aromatic N) is 3. The zero-order chi connectivity index (χ0) is 22.6. The van der Waals surface area contributed by atoms with E-state index in [0.717, 1.165) is 5.69 Å². The molecule has 32 heavy (non-hydrogen) atoms. The number of carbonyl (C=O) groups excluding carboxylic acids is 2. The number of halogens is 2. The van der Waals surface area contributed by atoms with Crippen LogP contribution in [0.25, 0.3) is 0 Å². The molecule has 0 radical (unpaired) electrons. The van der Waals surface area contributed by atoms with E-state index in [-0.39, 0.29) is 18.2 Å². The quantitative estimate of drug-likeness (QED) is 0.477. The van der Waals surface area contributed by atoms with Crippen molar-refractivity contribution in [2.45, 2.75) is 24.9 Å². The Morgan fingerprint density at radius 3 is 2.50 bits per heavy atom. The van der Waals surface area contributed by atoms with Crippen molar-refractivity contribution in [2.75, 3.05) is 5.32 Å². The van der Waals surface area contributed by atoms with E-state index in [1.165, 1.54) is 18.7 Å². The third kappa shape index (κ3) is 5.43. The zero-order valence-corrected chi connectivity index (χ0v) is 18.2. The number of aromatic nitrogens is 3. The molecule has 3 aromatic rings. The van der Waals surface area contributed by atoms with Crippen LogP contribution in [0.1, 0.15) is 18.5 Å². The van der Waals surface area contributed by atoms with Gasteiger partial charge in [-0.1, -0.05) is 23.2 Å². The van der Waals surface area contributed by atoms with Gasteiger partial charge >= 0.3 is 6.09 Å². The summed E-state index contributed by atoms with van der Waals surface area (Å²) in [6.07, 6.45) is 5.99. The molecule has 0 unspecified atom stereocenters. The van der Waals surface area contributed by atoms with Crippen LogP contribution in [-0.2, 0) is 11.3 Å². The first-order valence-electron chi connectivity index (χ1n) is 9.64. The van der Waals surface area contributed by atoms with Crippen LogP contribution in [0.3, 0.4) is 0 Å². The molecule has 0 saturated heterocycles. The van der Waals surface area contributed by atoms with Gasteiger partial charge in [0.05, 0.1) is 47.2 Å². The average molecular weight is 473 g/mol. The van der Waals surface area contributed by atoms with Crippen molar-refractivity contribution < 1.29 is 14.3 Å². The standard InChI is InChI=1S/C21H18Cl2N6O3/c22-13-1-4-18(17(23)7-13)28-15-3-2-14(26-9-15)8-27-19(30)21(5-6-21)29-20(31)32-16-10-24-12-25-11-16/h1-4,7,9-12,28H,5-6,8H2,(H,27,30)(H,29,31). The first kappa shape index (κ1) is 21.8. The summed E-state index contributed by atoms with van der Waals surface area (Å²) in [6, 6.07) is 8.76. The summed E-state index contributed by atoms with van der Waals surface area (Å²) in [5.74, 6) is -0.102. The van der Waals surface area contributed by atoms with Crippen LogP contribution in [-0.4, -0.2) is 32.5 Å². The van der Waals surface area contributed by atoms with Crippen molar-refractivity contribution in [1.29, 1.82) is 0 Å². The molecule has 9 nitrogen and oxygen atoms in total. The molecule has 1 saturated carbocycles. The van der Waals surface area contributed by atoms with Gasteiger partial charge < -0.3 is 20.7 Å². The van der Waals surface area contributed by atoms with E-state index in [9.17, 15) is 9.59 Å². The lowest BCUT2D eigenvalue weighted by Crippen LogP contribution is -2.49. The maximum absolute atomic E-state index is 12.6. The van der Waals surface area contributed by atoms with E-state index in [2.05, 4.69) is 30.9 Å². The summed E-state index contributed by atoms with van der Waals surface area (Å²) < 4.78 is 5.09. The van der Waals surface area contributed by atoms with Crippen LogP contribution < -0.4 is 20.7 Å². The maximum atomic E-state index is 12.6. The molecule has 1 aliphatic carbocycles. The third-order valence-corrected chi connectivity index (χ3v) is 5.29. The fourth-order valence-corrected chi connectivity index (χ4v) is 3.34. The molecule has 2 amide bonds. The number of hydrogen-bond donors (Lipinski definition) is 3. The fourth-order valence-electron chi connectivity index (χ4n) is 2.89. The topological polar surface area (TPSA) is 118 Å². The van der Waals surface area contributed by atoms with Crippen LogP contribution in [0.2, 0.25) is 10.0 Å². The second-order valence-electron chi connectivity index (χ2n) is 7.14. The molecular weight excluding hydrogens is 455 g/mol. The third-order valence-electron chi connectivity index (χ3n) is 4.74. The molecule has 3 N–H and O–H groups in total. The number of nitrogens with one attached hydrogen (secondary N) is 3. The Bertz CT molecular complexity index is 1120. The summed E-state index contributed by atoms with van der Waals surface area (Å²) >= 11 is 12.1. The molecule has 0 atom stereocenters. The minimum atomic E-state index is -0.973. The van der Waals surface area contributed by atoms with Gasteiger partial charge in [0.2, 0.25) is 5.91 Å². The predicted molar refractivity (Wildman–Crippen MR) is 119 cm³/mol. The Morgan fingerprint density at radius 1 is 1.06 bits per heavy atom. The second kappa shape index (κ2) is 9.37. The molecule has 11 heteroatoms. The lowest BCUT2D eigenvalue weighted by Gasteiger charge is -2.17. The predicted octanol–water partition coefficient (Wildman–Crippen LogP) is 3.86. The van der Waals surface area contributed by atoms with Crippen molar-refractivity contribution in [1.82, 2.24) is 25.6 Å². The minimum absolute atomic E-state index is 0.194. The Balaban J connectivity index is 1.28. The van der Waals surface area contributed by atoms with Gasteiger partial charge in [-0.05, 0) is 43.2 Å². The van der Waals surface area contributed by atoms with E-state index < -0.39 is 11.6 Å². The normalized spacial score (nSPS) is 13.7. The Kier molecular flexibility index (Phi) is 6.38. The highest BCUT2D eigenvalue weighted by atomic mass is 35.5. The molecule has 2 heterocycles. The van der Waals surface area contributed by atoms with E-state index in [1.54, 1.807) is 30.5 Å². The Hall–Kier alpha value is -3.43. The van der Waals surface area contributed by atoms with Crippen LogP contribution in [0.4, 0.5) is 16.2 Å². The van der Waals surface area contributed by atoms with E-state index >= 15 is 0 Å². The van der Waals surface area contributed by atoms with Crippen LogP contribution >= 0.6 is 23.2 Å². The van der Waals surface area contributed by atoms with Crippen LogP contribution in [0.15, 0.2) is 55.2 Å². The molecule has 1 fully saturated rings. The molecule has 1 aliphatic rings. The van der Waals surface area contributed by atoms with Gasteiger partial charge in [-0.25, -0.2) is 14.8 Å². The number of anilines is 2. The van der Waals surface area contributed by atoms with Gasteiger partial charge in [-0.2, -0.15) is 0 Å². The highest BCUT2D eigenvalue weighted by Gasteiger charge is 2.51. The highest BCUT2D eigenvalue weighted by molar-refractivity contribution is 6.36. The Morgan fingerprint density at radius 2 is 1.84 bits per heavy atom. The summed E-state index contributed by atoms with van der Waals surface area (Å²) in [4.78, 5) is 36.5. The minimum Gasteiger partial charge on any atom is -0.407 e. The highest BCUT2D eigenvalue weighted by Crippen LogP contribution is 2.36. The number of amides is 2. The van der Waals surface area contributed by atoms with Crippen LogP contribution in [0.5, 0.6) is 5.75 Å². The SMILES string of the molecule is O=C(NC1(C(=O)NCc2ccc(Nc3ccc(Cl)cc3Cl)cn2)CC1)Oc1cncnc1. The summed E-state index contributed by atoms with van der Waals surface area (Å²) in [7, 11) is 0. The number of ether oxygens (including phenoxy) is 1. The fraction of sp³-hybridized carbons (Fsp3) is 0.190. The van der Waals surface area contributed by atoms with Gasteiger partial charge in [0.25, 0.3) is 0 Å². The lowest BCUT2D eigenvalue weighted by molar-refractivity contribution is -0.124. The smallest absolute Gasteiger partial charge is 0.407 e. The summed E-state index contributed by atoms with van der Waals surface area (Å²) in [6.45, 7) is 0.214.